The summed E-state index contributed by atoms with van der Waals surface area (Å²) < 4.78 is 5.69. The van der Waals surface area contributed by atoms with Gasteiger partial charge in [0.1, 0.15) is 17.4 Å². The number of thiazole rings is 1. The molecule has 0 aliphatic heterocycles. The van der Waals surface area contributed by atoms with E-state index < -0.39 is 0 Å². The fraction of sp³-hybridized carbons (Fsp3) is 0.0952. The highest BCUT2D eigenvalue weighted by Crippen LogP contribution is 2.22. The molecular formula is C21H16ClN3O2S. The number of anilines is 1. The van der Waals surface area contributed by atoms with Gasteiger partial charge in [-0.2, -0.15) is 0 Å². The van der Waals surface area contributed by atoms with Gasteiger partial charge in [0.15, 0.2) is 0 Å². The van der Waals surface area contributed by atoms with Crippen LogP contribution in [0.4, 0.5) is 5.69 Å². The summed E-state index contributed by atoms with van der Waals surface area (Å²) in [6, 6.07) is 16.6. The molecule has 0 spiro atoms. The molecule has 5 nitrogen and oxygen atoms in total. The van der Waals surface area contributed by atoms with E-state index in [9.17, 15) is 4.79 Å². The molecule has 0 aliphatic carbocycles. The second kappa shape index (κ2) is 8.37. The predicted molar refractivity (Wildman–Crippen MR) is 112 cm³/mol. The maximum absolute atomic E-state index is 12.4. The number of benzene rings is 2. The average molecular weight is 410 g/mol. The number of fused-ring (bicyclic) bond motifs is 1. The normalized spacial score (nSPS) is 10.8. The van der Waals surface area contributed by atoms with Gasteiger partial charge in [0.05, 0.1) is 23.3 Å². The van der Waals surface area contributed by atoms with E-state index in [0.717, 1.165) is 33.0 Å². The first kappa shape index (κ1) is 18.4. The van der Waals surface area contributed by atoms with Gasteiger partial charge in [0.2, 0.25) is 5.91 Å². The van der Waals surface area contributed by atoms with E-state index in [1.165, 1.54) is 11.3 Å². The van der Waals surface area contributed by atoms with Crippen molar-refractivity contribution in [3.05, 3.63) is 81.9 Å². The van der Waals surface area contributed by atoms with Gasteiger partial charge in [0, 0.05) is 22.0 Å². The predicted octanol–water partition coefficient (Wildman–Crippen LogP) is 5.10. The van der Waals surface area contributed by atoms with Crippen LogP contribution in [-0.4, -0.2) is 15.9 Å². The topological polar surface area (TPSA) is 64.1 Å². The smallest absolute Gasteiger partial charge is 0.230 e. The number of carbonyl (C=O) groups excluding carboxylic acids is 1. The Bertz CT molecular complexity index is 1110. The average Bonchev–Trinajstić information content (AvgIpc) is 3.15. The van der Waals surface area contributed by atoms with Crippen molar-refractivity contribution in [2.75, 3.05) is 5.32 Å². The highest BCUT2D eigenvalue weighted by atomic mass is 35.5. The van der Waals surface area contributed by atoms with Crippen LogP contribution < -0.4 is 10.1 Å². The van der Waals surface area contributed by atoms with Gasteiger partial charge in [-0.1, -0.05) is 17.7 Å². The summed E-state index contributed by atoms with van der Waals surface area (Å²) in [6.07, 6.45) is 1.94. The number of pyridine rings is 1. The molecule has 0 aliphatic rings. The monoisotopic (exact) mass is 409 g/mol. The summed E-state index contributed by atoms with van der Waals surface area (Å²) in [5.74, 6) is 0.607. The summed E-state index contributed by atoms with van der Waals surface area (Å²) in [5.41, 5.74) is 2.31. The molecule has 0 unspecified atom stereocenters. The summed E-state index contributed by atoms with van der Waals surface area (Å²) in [5, 5.41) is 7.21. The van der Waals surface area contributed by atoms with E-state index >= 15 is 0 Å². The van der Waals surface area contributed by atoms with Crippen LogP contribution in [0, 0.1) is 0 Å². The van der Waals surface area contributed by atoms with Crippen molar-refractivity contribution < 1.29 is 9.53 Å². The number of ether oxygens (including phenoxy) is 1. The zero-order valence-corrected chi connectivity index (χ0v) is 16.3. The number of halogens is 1. The molecule has 140 valence electrons. The van der Waals surface area contributed by atoms with E-state index in [1.54, 1.807) is 18.3 Å². The fourth-order valence-corrected chi connectivity index (χ4v) is 3.57. The molecule has 0 saturated heterocycles. The number of hydrogen-bond donors (Lipinski definition) is 1. The molecule has 2 heterocycles. The summed E-state index contributed by atoms with van der Waals surface area (Å²) >= 11 is 7.33. The molecule has 1 amide bonds. The maximum Gasteiger partial charge on any atom is 0.230 e. The van der Waals surface area contributed by atoms with Crippen LogP contribution in [0.5, 0.6) is 5.75 Å². The molecule has 1 N–H and O–H groups in total. The number of hydrogen-bond acceptors (Lipinski definition) is 5. The first-order chi connectivity index (χ1) is 13.7. The lowest BCUT2D eigenvalue weighted by Crippen LogP contribution is -2.15. The molecule has 4 aromatic rings. The van der Waals surface area contributed by atoms with Crippen molar-refractivity contribution in [3.8, 4) is 5.75 Å². The SMILES string of the molecule is O=C(Cc1csc(COc2ccc(Cl)cc2)n1)Nc1cccc2ncccc12. The Labute approximate surface area is 171 Å². The second-order valence-electron chi connectivity index (χ2n) is 6.08. The Morgan fingerprint density at radius 3 is 2.82 bits per heavy atom. The van der Waals surface area contributed by atoms with E-state index in [4.69, 9.17) is 16.3 Å². The maximum atomic E-state index is 12.4. The lowest BCUT2D eigenvalue weighted by atomic mass is 10.2. The Balaban J connectivity index is 1.36. The number of carbonyl (C=O) groups is 1. The standard InChI is InChI=1S/C21H16ClN3O2S/c22-14-6-8-16(9-7-14)27-12-21-24-15(13-28-21)11-20(26)25-19-5-1-4-18-17(19)3-2-10-23-18/h1-10,13H,11-12H2,(H,25,26). The van der Waals surface area contributed by atoms with Gasteiger partial charge in [-0.3, -0.25) is 9.78 Å². The fourth-order valence-electron chi connectivity index (χ4n) is 2.74. The first-order valence-electron chi connectivity index (χ1n) is 8.62. The molecule has 2 aromatic heterocycles. The van der Waals surface area contributed by atoms with Crippen LogP contribution in [0.2, 0.25) is 5.02 Å². The van der Waals surface area contributed by atoms with Gasteiger partial charge in [0.25, 0.3) is 0 Å². The van der Waals surface area contributed by atoms with Gasteiger partial charge >= 0.3 is 0 Å². The number of aromatic nitrogens is 2. The second-order valence-corrected chi connectivity index (χ2v) is 7.45. The minimum Gasteiger partial charge on any atom is -0.486 e. The highest BCUT2D eigenvalue weighted by molar-refractivity contribution is 7.09. The minimum absolute atomic E-state index is 0.119. The molecule has 0 atom stereocenters. The first-order valence-corrected chi connectivity index (χ1v) is 9.88. The molecule has 0 fully saturated rings. The third-order valence-corrected chi connectivity index (χ3v) is 5.16. The van der Waals surface area contributed by atoms with E-state index in [2.05, 4.69) is 15.3 Å². The van der Waals surface area contributed by atoms with Crippen molar-refractivity contribution >= 4 is 45.4 Å². The summed E-state index contributed by atoms with van der Waals surface area (Å²) in [4.78, 5) is 21.2. The van der Waals surface area contributed by atoms with Gasteiger partial charge in [-0.25, -0.2) is 4.98 Å². The molecular weight excluding hydrogens is 394 g/mol. The Kier molecular flexibility index (Phi) is 5.50. The number of amides is 1. The van der Waals surface area contributed by atoms with Crippen LogP contribution in [0.15, 0.2) is 66.2 Å². The number of rotatable bonds is 6. The summed E-state index contributed by atoms with van der Waals surface area (Å²) in [7, 11) is 0. The van der Waals surface area contributed by atoms with Crippen molar-refractivity contribution in [3.63, 3.8) is 0 Å². The van der Waals surface area contributed by atoms with Crippen LogP contribution in [0.25, 0.3) is 10.9 Å². The largest absolute Gasteiger partial charge is 0.486 e. The highest BCUT2D eigenvalue weighted by Gasteiger charge is 2.10. The molecule has 0 radical (unpaired) electrons. The van der Waals surface area contributed by atoms with Crippen molar-refractivity contribution in [2.45, 2.75) is 13.0 Å². The van der Waals surface area contributed by atoms with Crippen LogP contribution in [0.3, 0.4) is 0 Å². The zero-order chi connectivity index (χ0) is 19.3. The third kappa shape index (κ3) is 4.47. The Morgan fingerprint density at radius 1 is 1.11 bits per heavy atom. The van der Waals surface area contributed by atoms with E-state index in [-0.39, 0.29) is 12.3 Å². The van der Waals surface area contributed by atoms with E-state index in [1.807, 2.05) is 47.8 Å². The van der Waals surface area contributed by atoms with E-state index in [0.29, 0.717) is 11.6 Å². The minimum atomic E-state index is -0.119. The van der Waals surface area contributed by atoms with Crippen molar-refractivity contribution in [1.29, 1.82) is 0 Å². The van der Waals surface area contributed by atoms with Crippen molar-refractivity contribution in [2.24, 2.45) is 0 Å². The summed E-state index contributed by atoms with van der Waals surface area (Å²) in [6.45, 7) is 0.350. The molecule has 2 aromatic carbocycles. The van der Waals surface area contributed by atoms with Crippen LogP contribution >= 0.6 is 22.9 Å². The molecule has 0 saturated carbocycles. The number of nitrogens with zero attached hydrogens (tertiary/aromatic N) is 2. The van der Waals surface area contributed by atoms with Crippen molar-refractivity contribution in [1.82, 2.24) is 9.97 Å². The Morgan fingerprint density at radius 2 is 1.96 bits per heavy atom. The molecule has 0 bridgehead atoms. The van der Waals surface area contributed by atoms with Gasteiger partial charge in [-0.15, -0.1) is 11.3 Å². The lowest BCUT2D eigenvalue weighted by Gasteiger charge is -2.07. The zero-order valence-electron chi connectivity index (χ0n) is 14.8. The van der Waals surface area contributed by atoms with Gasteiger partial charge < -0.3 is 10.1 Å². The van der Waals surface area contributed by atoms with Crippen LogP contribution in [0.1, 0.15) is 10.7 Å². The molecule has 4 rings (SSSR count). The number of nitrogens with one attached hydrogen (secondary N) is 1. The molecule has 28 heavy (non-hydrogen) atoms. The Hall–Kier alpha value is -2.96. The molecule has 7 heteroatoms. The van der Waals surface area contributed by atoms with Crippen LogP contribution in [-0.2, 0) is 17.8 Å². The quantitative estimate of drug-likeness (QED) is 0.481. The lowest BCUT2D eigenvalue weighted by molar-refractivity contribution is -0.115. The third-order valence-electron chi connectivity index (χ3n) is 4.04. The van der Waals surface area contributed by atoms with Gasteiger partial charge in [-0.05, 0) is 48.5 Å².